The topological polar surface area (TPSA) is 60.4 Å². The van der Waals surface area contributed by atoms with Crippen LogP contribution in [0, 0.1) is 11.8 Å². The average molecular weight is 601 g/mol. The van der Waals surface area contributed by atoms with Gasteiger partial charge in [0.1, 0.15) is 5.76 Å². The number of carbonyl (C=O) groups excluding carboxylic acids is 3. The maximum absolute atomic E-state index is 14.8. The van der Waals surface area contributed by atoms with E-state index in [0.717, 1.165) is 27.8 Å². The summed E-state index contributed by atoms with van der Waals surface area (Å²) in [6.45, 7) is 0. The second-order valence-corrected chi connectivity index (χ2v) is 12.5. The van der Waals surface area contributed by atoms with Crippen LogP contribution < -0.4 is 0 Å². The van der Waals surface area contributed by atoms with E-state index in [1.807, 2.05) is 115 Å². The first-order chi connectivity index (χ1) is 22.6. The van der Waals surface area contributed by atoms with Crippen molar-refractivity contribution < 1.29 is 19.1 Å². The third kappa shape index (κ3) is 4.64. The Morgan fingerprint density at radius 2 is 1.07 bits per heavy atom. The number of benzene rings is 5. The lowest BCUT2D eigenvalue weighted by atomic mass is 9.68. The third-order valence-corrected chi connectivity index (χ3v) is 10.2. The molecule has 1 unspecified atom stereocenters. The normalized spacial score (nSPS) is 24.3. The Labute approximate surface area is 268 Å². The highest BCUT2D eigenvalue weighted by Gasteiger charge is 2.57. The van der Waals surface area contributed by atoms with E-state index < -0.39 is 11.8 Å². The largest absolute Gasteiger partial charge is 0.426 e. The zero-order valence-corrected chi connectivity index (χ0v) is 25.2. The van der Waals surface area contributed by atoms with Gasteiger partial charge >= 0.3 is 5.97 Å². The molecule has 224 valence electrons. The highest BCUT2D eigenvalue weighted by molar-refractivity contribution is 6.02. The van der Waals surface area contributed by atoms with Crippen molar-refractivity contribution in [1.82, 2.24) is 0 Å². The summed E-state index contributed by atoms with van der Waals surface area (Å²) in [4.78, 5) is 42.8. The summed E-state index contributed by atoms with van der Waals surface area (Å²) in [5, 5.41) is 0. The van der Waals surface area contributed by atoms with Crippen LogP contribution in [-0.2, 0) is 9.53 Å². The lowest BCUT2D eigenvalue weighted by Gasteiger charge is -2.34. The van der Waals surface area contributed by atoms with Crippen LogP contribution in [0.4, 0.5) is 0 Å². The van der Waals surface area contributed by atoms with Gasteiger partial charge in [-0.05, 0) is 28.3 Å². The van der Waals surface area contributed by atoms with E-state index in [4.69, 9.17) is 4.74 Å². The Morgan fingerprint density at radius 3 is 1.72 bits per heavy atom. The molecular weight excluding hydrogens is 568 g/mol. The van der Waals surface area contributed by atoms with Crippen LogP contribution >= 0.6 is 0 Å². The van der Waals surface area contributed by atoms with E-state index in [9.17, 15) is 14.4 Å². The minimum Gasteiger partial charge on any atom is -0.426 e. The molecule has 0 saturated heterocycles. The molecule has 0 saturated carbocycles. The van der Waals surface area contributed by atoms with E-state index in [2.05, 4.69) is 30.3 Å². The minimum atomic E-state index is -0.545. The molecule has 46 heavy (non-hydrogen) atoms. The number of hydrogen-bond donors (Lipinski definition) is 0. The van der Waals surface area contributed by atoms with Crippen molar-refractivity contribution in [3.05, 3.63) is 185 Å². The smallest absolute Gasteiger partial charge is 0.315 e. The summed E-state index contributed by atoms with van der Waals surface area (Å²) in [7, 11) is 0. The molecule has 1 heterocycles. The first kappa shape index (κ1) is 28.1. The summed E-state index contributed by atoms with van der Waals surface area (Å²) < 4.78 is 6.11. The monoisotopic (exact) mass is 600 g/mol. The number of esters is 1. The van der Waals surface area contributed by atoms with Crippen molar-refractivity contribution in [3.8, 4) is 0 Å². The van der Waals surface area contributed by atoms with E-state index in [1.165, 1.54) is 0 Å². The first-order valence-corrected chi connectivity index (χ1v) is 15.9. The Morgan fingerprint density at radius 1 is 0.543 bits per heavy atom. The molecule has 1 aliphatic heterocycles. The third-order valence-electron chi connectivity index (χ3n) is 10.2. The highest BCUT2D eigenvalue weighted by atomic mass is 16.5. The van der Waals surface area contributed by atoms with Crippen molar-refractivity contribution in [1.29, 1.82) is 0 Å². The molecule has 0 amide bonds. The number of hydrogen-bond acceptors (Lipinski definition) is 4. The van der Waals surface area contributed by atoms with Crippen molar-refractivity contribution in [2.24, 2.45) is 11.8 Å². The molecular formula is C42H32O4. The van der Waals surface area contributed by atoms with E-state index >= 15 is 0 Å². The molecule has 4 nitrogen and oxygen atoms in total. The van der Waals surface area contributed by atoms with Crippen molar-refractivity contribution in [2.75, 3.05) is 0 Å². The number of ketones is 2. The van der Waals surface area contributed by atoms with Gasteiger partial charge < -0.3 is 4.74 Å². The predicted molar refractivity (Wildman–Crippen MR) is 178 cm³/mol. The number of fused-ring (bicyclic) bond motifs is 4. The lowest BCUT2D eigenvalue weighted by Crippen LogP contribution is -2.34. The molecule has 2 aliphatic carbocycles. The van der Waals surface area contributed by atoms with Crippen LogP contribution in [0.2, 0.25) is 0 Å². The van der Waals surface area contributed by atoms with E-state index in [1.54, 1.807) is 0 Å². The second kappa shape index (κ2) is 11.5. The summed E-state index contributed by atoms with van der Waals surface area (Å²) in [6, 6.07) is 44.8. The number of rotatable bonds is 7. The van der Waals surface area contributed by atoms with Gasteiger partial charge in [0.15, 0.2) is 11.6 Å². The van der Waals surface area contributed by atoms with Crippen molar-refractivity contribution >= 4 is 23.3 Å². The molecule has 6 atom stereocenters. The molecule has 0 N–H and O–H groups in total. The van der Waals surface area contributed by atoms with Gasteiger partial charge in [-0.15, -0.1) is 0 Å². The SMILES string of the molecule is O=C(C[C@H]1c2ccccc2C([C@@H]2c3ccccc3[C@H]3C=C(c4ccccc4)OC(=O)[C@H]32)[C@H]1C(=O)c1ccccc1)c1ccccc1. The maximum Gasteiger partial charge on any atom is 0.315 e. The molecule has 5 aromatic carbocycles. The van der Waals surface area contributed by atoms with Gasteiger partial charge in [0.05, 0.1) is 5.92 Å². The molecule has 0 aromatic heterocycles. The summed E-state index contributed by atoms with van der Waals surface area (Å²) in [5.41, 5.74) is 6.32. The molecule has 0 spiro atoms. The van der Waals surface area contributed by atoms with Gasteiger partial charge in [-0.1, -0.05) is 140 Å². The van der Waals surface area contributed by atoms with E-state index in [0.29, 0.717) is 16.9 Å². The Kier molecular flexibility index (Phi) is 7.06. The van der Waals surface area contributed by atoms with Gasteiger partial charge in [0, 0.05) is 52.7 Å². The van der Waals surface area contributed by atoms with Gasteiger partial charge in [0.2, 0.25) is 0 Å². The van der Waals surface area contributed by atoms with Crippen LogP contribution in [0.3, 0.4) is 0 Å². The average Bonchev–Trinajstić information content (AvgIpc) is 3.61. The minimum absolute atomic E-state index is 0.00159. The van der Waals surface area contributed by atoms with Crippen molar-refractivity contribution in [2.45, 2.75) is 30.1 Å². The van der Waals surface area contributed by atoms with Crippen LogP contribution in [0.25, 0.3) is 5.76 Å². The number of allylic oxidation sites excluding steroid dienone is 1. The summed E-state index contributed by atoms with van der Waals surface area (Å²) in [5.74, 6) is -1.93. The lowest BCUT2D eigenvalue weighted by molar-refractivity contribution is -0.143. The summed E-state index contributed by atoms with van der Waals surface area (Å²) in [6.07, 6.45) is 2.29. The van der Waals surface area contributed by atoms with Crippen LogP contribution in [0.5, 0.6) is 0 Å². The maximum atomic E-state index is 14.8. The zero-order valence-electron chi connectivity index (χ0n) is 25.2. The fourth-order valence-electron chi connectivity index (χ4n) is 8.29. The molecule has 4 heteroatoms. The predicted octanol–water partition coefficient (Wildman–Crippen LogP) is 8.73. The van der Waals surface area contributed by atoms with Crippen LogP contribution in [0.15, 0.2) is 146 Å². The second-order valence-electron chi connectivity index (χ2n) is 12.5. The zero-order chi connectivity index (χ0) is 31.2. The quantitative estimate of drug-likeness (QED) is 0.138. The first-order valence-electron chi connectivity index (χ1n) is 15.9. The van der Waals surface area contributed by atoms with Gasteiger partial charge in [0.25, 0.3) is 0 Å². The van der Waals surface area contributed by atoms with Gasteiger partial charge in [-0.3, -0.25) is 14.4 Å². The highest BCUT2D eigenvalue weighted by Crippen LogP contribution is 2.63. The number of cyclic esters (lactones) is 1. The Hall–Kier alpha value is -5.35. The number of ether oxygens (including phenoxy) is 1. The van der Waals surface area contributed by atoms with Gasteiger partial charge in [-0.2, -0.15) is 0 Å². The van der Waals surface area contributed by atoms with Crippen LogP contribution in [0.1, 0.15) is 78.6 Å². The molecule has 0 fully saturated rings. The fourth-order valence-corrected chi connectivity index (χ4v) is 8.29. The number of carbonyl (C=O) groups is 3. The molecule has 8 rings (SSSR count). The summed E-state index contributed by atoms with van der Waals surface area (Å²) >= 11 is 0. The fraction of sp³-hybridized carbons (Fsp3) is 0.167. The Balaban J connectivity index is 1.29. The van der Waals surface area contributed by atoms with Crippen molar-refractivity contribution in [3.63, 3.8) is 0 Å². The molecule has 0 bridgehead atoms. The molecule has 0 radical (unpaired) electrons. The van der Waals surface area contributed by atoms with E-state index in [-0.39, 0.29) is 47.6 Å². The van der Waals surface area contributed by atoms with Crippen LogP contribution in [-0.4, -0.2) is 17.5 Å². The van der Waals surface area contributed by atoms with Gasteiger partial charge in [-0.25, -0.2) is 0 Å². The number of Topliss-reactive ketones (excluding diaryl/α,β-unsaturated/α-hetero) is 2. The Bertz CT molecular complexity index is 1980. The molecule has 3 aliphatic rings. The molecule has 5 aromatic rings. The standard InChI is InChI=1S/C42H32O4/c43-35(26-14-4-1-5-15-26)24-33-29-20-10-12-22-31(29)37(39(33)41(44)28-18-8-3-9-19-28)38-32-23-13-11-21-30(32)34-25-36(46-42(45)40(34)38)27-16-6-2-7-17-27/h1-23,25,33-34,37-40H,24H2/t33-,34+,37?,38-,39-,40+/m0/s1.